The molecule has 0 unspecified atom stereocenters. The van der Waals surface area contributed by atoms with Crippen LogP contribution >= 0.6 is 22.9 Å². The molecular weight excluding hydrogens is 468 g/mol. The zero-order valence-electron chi connectivity index (χ0n) is 16.8. The summed E-state index contributed by atoms with van der Waals surface area (Å²) in [6.45, 7) is 3.41. The lowest BCUT2D eigenvalue weighted by molar-refractivity contribution is -0.137. The fraction of sp³-hybridized carbons (Fsp3) is 0.182. The highest BCUT2D eigenvalue weighted by Crippen LogP contribution is 2.31. The molecule has 0 saturated heterocycles. The normalized spacial score (nSPS) is 12.0. The number of nitrogens with zero attached hydrogens (tertiary/aromatic N) is 2. The molecule has 4 aromatic rings. The lowest BCUT2D eigenvalue weighted by atomic mass is 10.1. The molecule has 0 spiro atoms. The second kappa shape index (κ2) is 7.90. The van der Waals surface area contributed by atoms with E-state index in [0.717, 1.165) is 33.7 Å². The fourth-order valence-electron chi connectivity index (χ4n) is 3.47. The van der Waals surface area contributed by atoms with Gasteiger partial charge in [-0.3, -0.25) is 9.36 Å². The summed E-state index contributed by atoms with van der Waals surface area (Å²) in [7, 11) is 0. The molecule has 32 heavy (non-hydrogen) atoms. The summed E-state index contributed by atoms with van der Waals surface area (Å²) in [6.07, 6.45) is -4.64. The van der Waals surface area contributed by atoms with E-state index in [4.69, 9.17) is 11.6 Å². The molecule has 2 aromatic carbocycles. The van der Waals surface area contributed by atoms with E-state index in [-0.39, 0.29) is 22.6 Å². The highest BCUT2D eigenvalue weighted by molar-refractivity contribution is 7.18. The summed E-state index contributed by atoms with van der Waals surface area (Å²) in [4.78, 5) is 27.8. The highest BCUT2D eigenvalue weighted by Gasteiger charge is 2.31. The maximum Gasteiger partial charge on any atom is 0.416 e. The first-order valence-electron chi connectivity index (χ1n) is 9.36. The van der Waals surface area contributed by atoms with Crippen LogP contribution in [0, 0.1) is 19.7 Å². The van der Waals surface area contributed by atoms with Gasteiger partial charge in [0.15, 0.2) is 0 Å². The monoisotopic (exact) mass is 482 g/mol. The van der Waals surface area contributed by atoms with E-state index >= 15 is 0 Å². The standard InChI is InChI=1S/C22H15ClF4N2O2S/c1-11-12(2)32-20-18(11)19(30)29(16-5-3-4-14(8-16)22(25,26)27)21(31)28(20)10-13-6-7-15(24)9-17(13)23/h3-9H,10H2,1-2H3. The molecule has 0 atom stereocenters. The number of fused-ring (bicyclic) bond motifs is 1. The van der Waals surface area contributed by atoms with Crippen molar-refractivity contribution >= 4 is 33.2 Å². The van der Waals surface area contributed by atoms with Crippen molar-refractivity contribution in [2.75, 3.05) is 0 Å². The number of benzene rings is 2. The van der Waals surface area contributed by atoms with Crippen LogP contribution in [0.15, 0.2) is 52.1 Å². The number of hydrogen-bond acceptors (Lipinski definition) is 3. The fourth-order valence-corrected chi connectivity index (χ4v) is 4.83. The molecule has 2 heterocycles. The number of aryl methyl sites for hydroxylation is 2. The Bertz CT molecular complexity index is 1480. The predicted molar refractivity (Wildman–Crippen MR) is 117 cm³/mol. The van der Waals surface area contributed by atoms with Crippen LogP contribution < -0.4 is 11.2 Å². The van der Waals surface area contributed by atoms with Gasteiger partial charge in [-0.05, 0) is 55.3 Å². The zero-order valence-corrected chi connectivity index (χ0v) is 18.3. The van der Waals surface area contributed by atoms with Crippen LogP contribution in [0.1, 0.15) is 21.6 Å². The van der Waals surface area contributed by atoms with Gasteiger partial charge >= 0.3 is 11.9 Å². The van der Waals surface area contributed by atoms with Crippen LogP contribution in [-0.4, -0.2) is 9.13 Å². The van der Waals surface area contributed by atoms with E-state index in [1.165, 1.54) is 34.1 Å². The molecule has 0 bridgehead atoms. The van der Waals surface area contributed by atoms with Crippen LogP contribution in [0.25, 0.3) is 15.9 Å². The number of halogens is 5. The van der Waals surface area contributed by atoms with Gasteiger partial charge in [-0.15, -0.1) is 11.3 Å². The Kier molecular flexibility index (Phi) is 5.50. The summed E-state index contributed by atoms with van der Waals surface area (Å²) in [6, 6.07) is 7.75. The van der Waals surface area contributed by atoms with E-state index < -0.39 is 28.8 Å². The largest absolute Gasteiger partial charge is 0.416 e. The van der Waals surface area contributed by atoms with Gasteiger partial charge in [-0.2, -0.15) is 13.2 Å². The molecule has 10 heteroatoms. The highest BCUT2D eigenvalue weighted by atomic mass is 35.5. The molecule has 0 aliphatic carbocycles. The molecule has 0 aliphatic heterocycles. The second-order valence-corrected chi connectivity index (χ2v) is 8.87. The van der Waals surface area contributed by atoms with Gasteiger partial charge in [0.1, 0.15) is 10.6 Å². The minimum absolute atomic E-state index is 0.0897. The van der Waals surface area contributed by atoms with Gasteiger partial charge in [0, 0.05) is 9.90 Å². The SMILES string of the molecule is Cc1sc2c(c1C)c(=O)n(-c1cccc(C(F)(F)F)c1)c(=O)n2Cc1ccc(F)cc1Cl. The molecule has 2 aromatic heterocycles. The number of aromatic nitrogens is 2. The number of alkyl halides is 3. The third-order valence-electron chi connectivity index (χ3n) is 5.23. The summed E-state index contributed by atoms with van der Waals surface area (Å²) >= 11 is 7.36. The molecule has 0 aliphatic rings. The van der Waals surface area contributed by atoms with Crippen molar-refractivity contribution in [1.82, 2.24) is 9.13 Å². The molecule has 4 rings (SSSR count). The third-order valence-corrected chi connectivity index (χ3v) is 6.81. The van der Waals surface area contributed by atoms with Crippen LogP contribution in [-0.2, 0) is 12.7 Å². The number of rotatable bonds is 3. The minimum Gasteiger partial charge on any atom is -0.279 e. The summed E-state index contributed by atoms with van der Waals surface area (Å²) in [5.41, 5.74) is -1.63. The van der Waals surface area contributed by atoms with Gasteiger partial charge in [0.05, 0.1) is 23.2 Å². The van der Waals surface area contributed by atoms with Gasteiger partial charge in [0.2, 0.25) is 0 Å². The van der Waals surface area contributed by atoms with Crippen LogP contribution in [0.2, 0.25) is 5.02 Å². The topological polar surface area (TPSA) is 44.0 Å². The Morgan fingerprint density at radius 3 is 2.44 bits per heavy atom. The first-order valence-corrected chi connectivity index (χ1v) is 10.6. The molecule has 0 fully saturated rings. The van der Waals surface area contributed by atoms with Crippen molar-refractivity contribution in [1.29, 1.82) is 0 Å². The maximum absolute atomic E-state index is 13.5. The van der Waals surface area contributed by atoms with Crippen LogP contribution in [0.5, 0.6) is 0 Å². The molecule has 166 valence electrons. The maximum atomic E-state index is 13.5. The van der Waals surface area contributed by atoms with Gasteiger partial charge in [0.25, 0.3) is 5.56 Å². The smallest absolute Gasteiger partial charge is 0.279 e. The predicted octanol–water partition coefficient (Wildman–Crippen LogP) is 5.69. The van der Waals surface area contributed by atoms with Crippen molar-refractivity contribution in [3.63, 3.8) is 0 Å². The summed E-state index contributed by atoms with van der Waals surface area (Å²) in [5.74, 6) is -0.548. The average molecular weight is 483 g/mol. The van der Waals surface area contributed by atoms with Crippen molar-refractivity contribution < 1.29 is 17.6 Å². The lowest BCUT2D eigenvalue weighted by Crippen LogP contribution is -2.39. The Labute approximate surface area is 187 Å². The van der Waals surface area contributed by atoms with Gasteiger partial charge in [-0.25, -0.2) is 13.8 Å². The van der Waals surface area contributed by atoms with Crippen molar-refractivity contribution in [2.45, 2.75) is 26.6 Å². The zero-order chi connectivity index (χ0) is 23.4. The minimum atomic E-state index is -4.64. The molecule has 0 amide bonds. The Morgan fingerprint density at radius 2 is 1.78 bits per heavy atom. The van der Waals surface area contributed by atoms with Crippen LogP contribution in [0.4, 0.5) is 17.6 Å². The average Bonchev–Trinajstić information content (AvgIpc) is 3.01. The van der Waals surface area contributed by atoms with E-state index in [2.05, 4.69) is 0 Å². The van der Waals surface area contributed by atoms with Gasteiger partial charge < -0.3 is 0 Å². The molecule has 0 saturated carbocycles. The summed E-state index contributed by atoms with van der Waals surface area (Å²) in [5, 5.41) is 0.328. The second-order valence-electron chi connectivity index (χ2n) is 7.26. The number of thiophene rings is 1. The third kappa shape index (κ3) is 3.75. The Balaban J connectivity index is 2.05. The van der Waals surface area contributed by atoms with E-state index in [1.807, 2.05) is 0 Å². The first-order chi connectivity index (χ1) is 15.0. The van der Waals surface area contributed by atoms with E-state index in [9.17, 15) is 27.2 Å². The van der Waals surface area contributed by atoms with Crippen molar-refractivity contribution in [2.24, 2.45) is 0 Å². The van der Waals surface area contributed by atoms with Crippen molar-refractivity contribution in [3.05, 3.63) is 95.7 Å². The summed E-state index contributed by atoms with van der Waals surface area (Å²) < 4.78 is 55.2. The Morgan fingerprint density at radius 1 is 1.06 bits per heavy atom. The van der Waals surface area contributed by atoms with Crippen molar-refractivity contribution in [3.8, 4) is 5.69 Å². The van der Waals surface area contributed by atoms with Crippen LogP contribution in [0.3, 0.4) is 0 Å². The van der Waals surface area contributed by atoms with E-state index in [0.29, 0.717) is 16.0 Å². The molecule has 4 nitrogen and oxygen atoms in total. The first kappa shape index (κ1) is 22.3. The quantitative estimate of drug-likeness (QED) is 0.352. The van der Waals surface area contributed by atoms with E-state index in [1.54, 1.807) is 13.8 Å². The Hall–Kier alpha value is -2.91. The molecule has 0 N–H and O–H groups in total. The molecule has 0 radical (unpaired) electrons. The lowest BCUT2D eigenvalue weighted by Gasteiger charge is -2.14. The molecular formula is C22H15ClF4N2O2S. The number of hydrogen-bond donors (Lipinski definition) is 0. The van der Waals surface area contributed by atoms with Gasteiger partial charge in [-0.1, -0.05) is 23.7 Å².